The van der Waals surface area contributed by atoms with Gasteiger partial charge < -0.3 is 25.3 Å². The highest BCUT2D eigenvalue weighted by Crippen LogP contribution is 2.25. The molecule has 1 aliphatic heterocycles. The van der Waals surface area contributed by atoms with Crippen molar-refractivity contribution in [3.8, 4) is 6.07 Å². The molecule has 0 bridgehead atoms. The van der Waals surface area contributed by atoms with Crippen molar-refractivity contribution in [3.63, 3.8) is 0 Å². The van der Waals surface area contributed by atoms with Gasteiger partial charge in [-0.2, -0.15) is 5.26 Å². The Morgan fingerprint density at radius 2 is 2.12 bits per heavy atom. The van der Waals surface area contributed by atoms with Crippen molar-refractivity contribution in [2.45, 2.75) is 0 Å². The Morgan fingerprint density at radius 3 is 2.73 bits per heavy atom. The first-order chi connectivity index (χ1) is 12.5. The highest BCUT2D eigenvalue weighted by Gasteiger charge is 2.22. The number of nitrogens with one attached hydrogen (secondary N) is 1. The zero-order valence-electron chi connectivity index (χ0n) is 14.2. The van der Waals surface area contributed by atoms with E-state index in [-0.39, 0.29) is 11.7 Å². The van der Waals surface area contributed by atoms with Gasteiger partial charge in [0.05, 0.1) is 19.0 Å². The molecule has 0 aliphatic carbocycles. The molecule has 134 valence electrons. The molecule has 3 rings (SSSR count). The van der Waals surface area contributed by atoms with E-state index in [1.165, 1.54) is 13.2 Å². The highest BCUT2D eigenvalue weighted by molar-refractivity contribution is 6.03. The molecule has 0 aromatic carbocycles. The van der Waals surface area contributed by atoms with Crippen molar-refractivity contribution in [1.29, 1.82) is 5.26 Å². The lowest BCUT2D eigenvalue weighted by atomic mass is 10.1. The number of carbonyl (C=O) groups excluding carboxylic acids is 2. The van der Waals surface area contributed by atoms with Crippen molar-refractivity contribution in [2.75, 3.05) is 38.2 Å². The van der Waals surface area contributed by atoms with Crippen LogP contribution in [-0.2, 0) is 9.53 Å². The summed E-state index contributed by atoms with van der Waals surface area (Å²) >= 11 is 0. The molecular formula is C17H18N6O3. The summed E-state index contributed by atoms with van der Waals surface area (Å²) in [5.41, 5.74) is 7.29. The third-order valence-corrected chi connectivity index (χ3v) is 4.31. The number of nitriles is 1. The van der Waals surface area contributed by atoms with Crippen molar-refractivity contribution in [1.82, 2.24) is 14.9 Å². The Morgan fingerprint density at radius 1 is 1.38 bits per heavy atom. The number of amides is 2. The molecule has 26 heavy (non-hydrogen) atoms. The van der Waals surface area contributed by atoms with Gasteiger partial charge in [0.15, 0.2) is 0 Å². The van der Waals surface area contributed by atoms with Gasteiger partial charge >= 0.3 is 6.09 Å². The number of methoxy groups -OCH3 is 1. The molecule has 0 unspecified atom stereocenters. The summed E-state index contributed by atoms with van der Waals surface area (Å²) in [6, 6.07) is 3.73. The minimum absolute atomic E-state index is 0.122. The first-order valence-corrected chi connectivity index (χ1v) is 8.00. The van der Waals surface area contributed by atoms with Crippen LogP contribution in [0.1, 0.15) is 5.56 Å². The number of hydrogen-bond acceptors (Lipinski definition) is 6. The number of ether oxygens (including phenoxy) is 1. The Balaban J connectivity index is 1.86. The van der Waals surface area contributed by atoms with E-state index in [0.717, 1.165) is 11.1 Å². The maximum atomic E-state index is 11.6. The van der Waals surface area contributed by atoms with Gasteiger partial charge in [0, 0.05) is 43.3 Å². The van der Waals surface area contributed by atoms with Gasteiger partial charge in [-0.25, -0.2) is 9.78 Å². The molecule has 2 aromatic heterocycles. The number of aromatic amines is 1. The number of anilines is 1. The quantitative estimate of drug-likeness (QED) is 0.621. The molecule has 3 heterocycles. The van der Waals surface area contributed by atoms with Gasteiger partial charge in [-0.15, -0.1) is 0 Å². The molecule has 0 radical (unpaired) electrons. The van der Waals surface area contributed by atoms with Crippen LogP contribution in [0.4, 0.5) is 10.5 Å². The van der Waals surface area contributed by atoms with Crippen molar-refractivity contribution < 1.29 is 14.3 Å². The van der Waals surface area contributed by atoms with E-state index >= 15 is 0 Å². The van der Waals surface area contributed by atoms with Crippen LogP contribution in [0.2, 0.25) is 0 Å². The number of aromatic nitrogens is 2. The summed E-state index contributed by atoms with van der Waals surface area (Å²) in [4.78, 5) is 34.0. The number of pyridine rings is 1. The lowest BCUT2D eigenvalue weighted by Crippen LogP contribution is -2.48. The Bertz CT molecular complexity index is 918. The van der Waals surface area contributed by atoms with E-state index in [2.05, 4.69) is 14.9 Å². The molecule has 0 atom stereocenters. The molecule has 9 nitrogen and oxygen atoms in total. The fourth-order valence-electron chi connectivity index (χ4n) is 2.90. The second kappa shape index (κ2) is 7.14. The lowest BCUT2D eigenvalue weighted by Gasteiger charge is -2.35. The minimum Gasteiger partial charge on any atom is -0.453 e. The van der Waals surface area contributed by atoms with Gasteiger partial charge in [0.2, 0.25) is 0 Å². The standard InChI is InChI=1S/C17H18N6O3/c1-26-17(25)23-4-2-22(3-5-23)13-7-14-12(6-11(8-18)15(19)24)9-20-16(14)21-10-13/h6-7,9-10H,2-5H2,1H3,(H2,19,24)(H,20,21)/b11-6+. The predicted octanol–water partition coefficient (Wildman–Crippen LogP) is 0.844. The SMILES string of the molecule is COC(=O)N1CCN(c2cnc3[nH]cc(/C=C(\C#N)C(N)=O)c3c2)CC1. The zero-order chi connectivity index (χ0) is 18.7. The van der Waals surface area contributed by atoms with Crippen LogP contribution in [0.25, 0.3) is 17.1 Å². The van der Waals surface area contributed by atoms with Gasteiger partial charge in [0.25, 0.3) is 5.91 Å². The van der Waals surface area contributed by atoms with Gasteiger partial charge in [0.1, 0.15) is 17.3 Å². The number of fused-ring (bicyclic) bond motifs is 1. The smallest absolute Gasteiger partial charge is 0.409 e. The number of nitrogens with two attached hydrogens (primary N) is 1. The average Bonchev–Trinajstić information content (AvgIpc) is 3.07. The van der Waals surface area contributed by atoms with Gasteiger partial charge in [-0.3, -0.25) is 4.79 Å². The topological polar surface area (TPSA) is 128 Å². The number of primary amides is 1. The highest BCUT2D eigenvalue weighted by atomic mass is 16.5. The second-order valence-electron chi connectivity index (χ2n) is 5.81. The van der Waals surface area contributed by atoms with Crippen molar-refractivity contribution in [3.05, 3.63) is 29.6 Å². The maximum Gasteiger partial charge on any atom is 0.409 e. The van der Waals surface area contributed by atoms with Crippen LogP contribution >= 0.6 is 0 Å². The Hall–Kier alpha value is -3.54. The van der Waals surface area contributed by atoms with Crippen LogP contribution < -0.4 is 10.6 Å². The fraction of sp³-hybridized carbons (Fsp3) is 0.294. The van der Waals surface area contributed by atoms with E-state index in [4.69, 9.17) is 15.7 Å². The van der Waals surface area contributed by atoms with Crippen LogP contribution in [0.5, 0.6) is 0 Å². The minimum atomic E-state index is -0.773. The van der Waals surface area contributed by atoms with Crippen molar-refractivity contribution >= 4 is 34.8 Å². The van der Waals surface area contributed by atoms with Crippen LogP contribution in [0.15, 0.2) is 24.0 Å². The summed E-state index contributed by atoms with van der Waals surface area (Å²) in [5, 5.41) is 9.80. The number of hydrogen-bond donors (Lipinski definition) is 2. The van der Waals surface area contributed by atoms with Crippen molar-refractivity contribution in [2.24, 2.45) is 5.73 Å². The van der Waals surface area contributed by atoms with E-state index in [0.29, 0.717) is 37.4 Å². The summed E-state index contributed by atoms with van der Waals surface area (Å²) in [6.07, 6.45) is 4.55. The van der Waals surface area contributed by atoms with E-state index in [1.54, 1.807) is 23.4 Å². The molecule has 1 saturated heterocycles. The normalized spacial score (nSPS) is 15.0. The summed E-state index contributed by atoms with van der Waals surface area (Å²) in [5.74, 6) is -0.773. The third-order valence-electron chi connectivity index (χ3n) is 4.31. The number of piperazine rings is 1. The third kappa shape index (κ3) is 3.30. The first kappa shape index (κ1) is 17.3. The molecule has 0 saturated carbocycles. The molecule has 1 fully saturated rings. The van der Waals surface area contributed by atoms with E-state index in [9.17, 15) is 9.59 Å². The Kier molecular flexibility index (Phi) is 4.75. The molecule has 0 spiro atoms. The van der Waals surface area contributed by atoms with Crippen LogP contribution in [-0.4, -0.2) is 60.2 Å². The summed E-state index contributed by atoms with van der Waals surface area (Å²) in [7, 11) is 1.37. The molecular weight excluding hydrogens is 336 g/mol. The predicted molar refractivity (Wildman–Crippen MR) is 95.1 cm³/mol. The van der Waals surface area contributed by atoms with E-state index < -0.39 is 5.91 Å². The Labute approximate surface area is 149 Å². The monoisotopic (exact) mass is 354 g/mol. The van der Waals surface area contributed by atoms with Gasteiger partial charge in [-0.05, 0) is 12.1 Å². The van der Waals surface area contributed by atoms with Gasteiger partial charge in [-0.1, -0.05) is 0 Å². The number of carbonyl (C=O) groups is 2. The lowest BCUT2D eigenvalue weighted by molar-refractivity contribution is -0.114. The van der Waals surface area contributed by atoms with Crippen LogP contribution in [0, 0.1) is 11.3 Å². The van der Waals surface area contributed by atoms with E-state index in [1.807, 2.05) is 6.07 Å². The second-order valence-corrected chi connectivity index (χ2v) is 5.81. The zero-order valence-corrected chi connectivity index (χ0v) is 14.2. The summed E-state index contributed by atoms with van der Waals surface area (Å²) in [6.45, 7) is 2.43. The molecule has 2 aromatic rings. The number of nitrogens with zero attached hydrogens (tertiary/aromatic N) is 4. The number of H-pyrrole nitrogens is 1. The average molecular weight is 354 g/mol. The number of rotatable bonds is 3. The maximum absolute atomic E-state index is 11.6. The summed E-state index contributed by atoms with van der Waals surface area (Å²) < 4.78 is 4.74. The first-order valence-electron chi connectivity index (χ1n) is 8.00. The molecule has 3 N–H and O–H groups in total. The molecule has 9 heteroatoms. The fourth-order valence-corrected chi connectivity index (χ4v) is 2.90. The van der Waals surface area contributed by atoms with Crippen LogP contribution in [0.3, 0.4) is 0 Å². The molecule has 2 amide bonds. The molecule has 1 aliphatic rings. The largest absolute Gasteiger partial charge is 0.453 e.